The van der Waals surface area contributed by atoms with Crippen molar-refractivity contribution < 1.29 is 22.6 Å². The molecule has 3 nitrogen and oxygen atoms in total. The monoisotopic (exact) mass is 369 g/mol. The maximum absolute atomic E-state index is 12.3. The Morgan fingerprint density at radius 2 is 1.52 bits per heavy atom. The Morgan fingerprint density at radius 3 is 2.15 bits per heavy atom. The molecule has 0 unspecified atom stereocenters. The van der Waals surface area contributed by atoms with Crippen molar-refractivity contribution in [1.29, 1.82) is 5.26 Å². The molecule has 0 N–H and O–H groups in total. The third-order valence-corrected chi connectivity index (χ3v) is 3.76. The van der Waals surface area contributed by atoms with Crippen LogP contribution in [-0.2, 0) is 6.61 Å². The van der Waals surface area contributed by atoms with Crippen LogP contribution in [0.1, 0.15) is 11.1 Å². The summed E-state index contributed by atoms with van der Waals surface area (Å²) in [6.07, 6.45) is -4.73. The Labute approximate surface area is 154 Å². The van der Waals surface area contributed by atoms with Gasteiger partial charge in [0, 0.05) is 0 Å². The van der Waals surface area contributed by atoms with Gasteiger partial charge in [-0.1, -0.05) is 48.5 Å². The van der Waals surface area contributed by atoms with Gasteiger partial charge < -0.3 is 9.47 Å². The fraction of sp³-hybridized carbons (Fsp3) is 0.0952. The molecule has 0 aliphatic carbocycles. The van der Waals surface area contributed by atoms with E-state index in [1.54, 1.807) is 18.2 Å². The van der Waals surface area contributed by atoms with Gasteiger partial charge in [-0.25, -0.2) is 0 Å². The van der Waals surface area contributed by atoms with Crippen molar-refractivity contribution in [2.24, 2.45) is 0 Å². The lowest BCUT2D eigenvalue weighted by Crippen LogP contribution is -2.16. The normalized spacial score (nSPS) is 10.9. The van der Waals surface area contributed by atoms with Gasteiger partial charge in [0.05, 0.1) is 5.56 Å². The molecule has 0 radical (unpaired) electrons. The smallest absolute Gasteiger partial charge is 0.488 e. The first-order chi connectivity index (χ1) is 12.9. The largest absolute Gasteiger partial charge is 0.573 e. The summed E-state index contributed by atoms with van der Waals surface area (Å²) in [5, 5.41) is 9.27. The molecule has 0 saturated heterocycles. The Hall–Kier alpha value is -3.46. The second-order valence-electron chi connectivity index (χ2n) is 5.67. The SMILES string of the molecule is N#Cc1ccc(-c2ccc(OC(F)(F)F)cc2)cc1OCc1ccccc1. The minimum atomic E-state index is -4.73. The molecule has 27 heavy (non-hydrogen) atoms. The van der Waals surface area contributed by atoms with Crippen LogP contribution in [0.2, 0.25) is 0 Å². The van der Waals surface area contributed by atoms with Gasteiger partial charge in [-0.15, -0.1) is 13.2 Å². The Balaban J connectivity index is 1.81. The number of nitriles is 1. The maximum Gasteiger partial charge on any atom is 0.573 e. The zero-order chi connectivity index (χ0) is 19.3. The third-order valence-electron chi connectivity index (χ3n) is 3.76. The minimum absolute atomic E-state index is 0.291. The molecule has 0 spiro atoms. The van der Waals surface area contributed by atoms with E-state index in [-0.39, 0.29) is 5.75 Å². The standard InChI is InChI=1S/C21H14F3NO2/c22-21(23,24)27-19-10-8-16(9-11-19)17-6-7-18(13-25)20(12-17)26-14-15-4-2-1-3-5-15/h1-12H,14H2. The average molecular weight is 369 g/mol. The van der Waals surface area contributed by atoms with Crippen molar-refractivity contribution in [3.63, 3.8) is 0 Å². The number of hydrogen-bond acceptors (Lipinski definition) is 3. The first kappa shape index (κ1) is 18.3. The molecule has 0 aliphatic heterocycles. The number of benzene rings is 3. The molecule has 3 aromatic carbocycles. The predicted octanol–water partition coefficient (Wildman–Crippen LogP) is 5.70. The summed E-state index contributed by atoms with van der Waals surface area (Å²) in [4.78, 5) is 0. The van der Waals surface area contributed by atoms with Crippen molar-refractivity contribution in [3.8, 4) is 28.7 Å². The van der Waals surface area contributed by atoms with Gasteiger partial charge in [0.1, 0.15) is 24.2 Å². The first-order valence-corrected chi connectivity index (χ1v) is 8.02. The molecule has 3 rings (SSSR count). The summed E-state index contributed by atoms with van der Waals surface area (Å²) >= 11 is 0. The van der Waals surface area contributed by atoms with Crippen molar-refractivity contribution in [3.05, 3.63) is 83.9 Å². The number of hydrogen-bond donors (Lipinski definition) is 0. The molecule has 0 heterocycles. The molecule has 0 aromatic heterocycles. The van der Waals surface area contributed by atoms with Crippen molar-refractivity contribution in [1.82, 2.24) is 0 Å². The van der Waals surface area contributed by atoms with Gasteiger partial charge >= 0.3 is 6.36 Å². The maximum atomic E-state index is 12.3. The van der Waals surface area contributed by atoms with E-state index < -0.39 is 6.36 Å². The van der Waals surface area contributed by atoms with Gasteiger partial charge in [0.15, 0.2) is 0 Å². The number of halogens is 3. The van der Waals surface area contributed by atoms with E-state index in [9.17, 15) is 18.4 Å². The first-order valence-electron chi connectivity index (χ1n) is 8.02. The number of nitrogens with zero attached hydrogens (tertiary/aromatic N) is 1. The van der Waals surface area contributed by atoms with Gasteiger partial charge in [-0.3, -0.25) is 0 Å². The fourth-order valence-corrected chi connectivity index (χ4v) is 2.50. The Kier molecular flexibility index (Phi) is 5.32. The fourth-order valence-electron chi connectivity index (χ4n) is 2.50. The van der Waals surface area contributed by atoms with Gasteiger partial charge in [0.2, 0.25) is 0 Å². The molecule has 0 saturated carbocycles. The summed E-state index contributed by atoms with van der Waals surface area (Å²) in [5.41, 5.74) is 2.74. The van der Waals surface area contributed by atoms with Crippen LogP contribution in [-0.4, -0.2) is 6.36 Å². The lowest BCUT2D eigenvalue weighted by Gasteiger charge is -2.11. The van der Waals surface area contributed by atoms with Gasteiger partial charge in [-0.05, 0) is 41.0 Å². The number of rotatable bonds is 5. The van der Waals surface area contributed by atoms with Crippen molar-refractivity contribution in [2.75, 3.05) is 0 Å². The predicted molar refractivity (Wildman–Crippen MR) is 94.1 cm³/mol. The van der Waals surface area contributed by atoms with Gasteiger partial charge in [-0.2, -0.15) is 5.26 Å². The van der Waals surface area contributed by atoms with E-state index in [4.69, 9.17) is 4.74 Å². The summed E-state index contributed by atoms with van der Waals surface area (Å²) in [6.45, 7) is 0.303. The number of ether oxygens (including phenoxy) is 2. The second-order valence-corrected chi connectivity index (χ2v) is 5.67. The molecule has 0 aliphatic rings. The summed E-state index contributed by atoms with van der Waals surface area (Å²) in [6, 6.07) is 22.1. The molecule has 0 fully saturated rings. The molecular weight excluding hydrogens is 355 g/mol. The summed E-state index contributed by atoms with van der Waals surface area (Å²) in [5.74, 6) is 0.120. The van der Waals surface area contributed by atoms with E-state index in [2.05, 4.69) is 10.8 Å². The zero-order valence-electron chi connectivity index (χ0n) is 14.0. The van der Waals surface area contributed by atoms with Crippen LogP contribution in [0.15, 0.2) is 72.8 Å². The van der Waals surface area contributed by atoms with Crippen LogP contribution in [0.5, 0.6) is 11.5 Å². The summed E-state index contributed by atoms with van der Waals surface area (Å²) in [7, 11) is 0. The van der Waals surface area contributed by atoms with E-state index in [0.29, 0.717) is 23.5 Å². The molecule has 136 valence electrons. The van der Waals surface area contributed by atoms with E-state index >= 15 is 0 Å². The molecule has 0 bridgehead atoms. The van der Waals surface area contributed by atoms with Crippen LogP contribution >= 0.6 is 0 Å². The quantitative estimate of drug-likeness (QED) is 0.579. The lowest BCUT2D eigenvalue weighted by atomic mass is 10.0. The highest BCUT2D eigenvalue weighted by Gasteiger charge is 2.30. The molecule has 0 atom stereocenters. The van der Waals surface area contributed by atoms with Crippen LogP contribution in [0, 0.1) is 11.3 Å². The highest BCUT2D eigenvalue weighted by molar-refractivity contribution is 5.67. The Bertz CT molecular complexity index is 946. The second kappa shape index (κ2) is 7.83. The Morgan fingerprint density at radius 1 is 0.852 bits per heavy atom. The molecule has 3 aromatic rings. The van der Waals surface area contributed by atoms with Crippen molar-refractivity contribution in [2.45, 2.75) is 13.0 Å². The van der Waals surface area contributed by atoms with Crippen LogP contribution in [0.25, 0.3) is 11.1 Å². The van der Waals surface area contributed by atoms with E-state index in [0.717, 1.165) is 11.1 Å². The van der Waals surface area contributed by atoms with Crippen LogP contribution in [0.4, 0.5) is 13.2 Å². The van der Waals surface area contributed by atoms with Crippen LogP contribution < -0.4 is 9.47 Å². The molecule has 6 heteroatoms. The highest BCUT2D eigenvalue weighted by atomic mass is 19.4. The zero-order valence-corrected chi connectivity index (χ0v) is 14.0. The summed E-state index contributed by atoms with van der Waals surface area (Å²) < 4.78 is 46.4. The number of alkyl halides is 3. The van der Waals surface area contributed by atoms with Crippen LogP contribution in [0.3, 0.4) is 0 Å². The molecular formula is C21H14F3NO2. The van der Waals surface area contributed by atoms with E-state index in [1.807, 2.05) is 30.3 Å². The van der Waals surface area contributed by atoms with Gasteiger partial charge in [0.25, 0.3) is 0 Å². The minimum Gasteiger partial charge on any atom is -0.488 e. The molecule has 0 amide bonds. The highest BCUT2D eigenvalue weighted by Crippen LogP contribution is 2.30. The van der Waals surface area contributed by atoms with E-state index in [1.165, 1.54) is 24.3 Å². The topological polar surface area (TPSA) is 42.2 Å². The van der Waals surface area contributed by atoms with Crippen molar-refractivity contribution >= 4 is 0 Å². The average Bonchev–Trinajstić information content (AvgIpc) is 2.66. The third kappa shape index (κ3) is 5.02. The lowest BCUT2D eigenvalue weighted by molar-refractivity contribution is -0.274.